The molecule has 0 bridgehead atoms. The van der Waals surface area contributed by atoms with Crippen molar-refractivity contribution in [3.05, 3.63) is 57.8 Å². The number of hydrogen-bond donors (Lipinski definition) is 1. The van der Waals surface area contributed by atoms with Crippen LogP contribution < -0.4 is 15.6 Å². The first-order valence-electron chi connectivity index (χ1n) is 7.04. The van der Waals surface area contributed by atoms with Crippen molar-refractivity contribution in [3.63, 3.8) is 0 Å². The molecule has 24 heavy (non-hydrogen) atoms. The number of benzene rings is 2. The Morgan fingerprint density at radius 3 is 2.75 bits per heavy atom. The van der Waals surface area contributed by atoms with E-state index in [1.165, 1.54) is 15.9 Å². The lowest BCUT2D eigenvalue weighted by Gasteiger charge is -2.03. The third-order valence-corrected chi connectivity index (χ3v) is 4.56. The van der Waals surface area contributed by atoms with Gasteiger partial charge in [-0.05, 0) is 42.5 Å². The van der Waals surface area contributed by atoms with Crippen molar-refractivity contribution in [2.75, 3.05) is 12.4 Å². The molecule has 0 atom stereocenters. The summed E-state index contributed by atoms with van der Waals surface area (Å²) in [4.78, 5) is 17.5. The van der Waals surface area contributed by atoms with Gasteiger partial charge in [0.25, 0.3) is 5.56 Å². The summed E-state index contributed by atoms with van der Waals surface area (Å²) in [6.45, 7) is 0. The van der Waals surface area contributed by atoms with Crippen LogP contribution in [0.25, 0.3) is 15.9 Å². The summed E-state index contributed by atoms with van der Waals surface area (Å²) in [5.74, 6) is 0.769. The SMILES string of the molecule is COc1ccc(Nc2nn3c(=O)c4ccc(Cl)cc4nc3s2)cc1. The maximum atomic E-state index is 12.5. The molecular formula is C16H11ClN4O2S. The zero-order valence-corrected chi connectivity index (χ0v) is 14.1. The van der Waals surface area contributed by atoms with Crippen LogP contribution in [-0.4, -0.2) is 21.7 Å². The number of methoxy groups -OCH3 is 1. The van der Waals surface area contributed by atoms with Crippen LogP contribution in [0, 0.1) is 0 Å². The monoisotopic (exact) mass is 358 g/mol. The lowest BCUT2D eigenvalue weighted by molar-refractivity contribution is 0.415. The van der Waals surface area contributed by atoms with E-state index in [1.54, 1.807) is 25.3 Å². The van der Waals surface area contributed by atoms with Crippen molar-refractivity contribution in [2.45, 2.75) is 0 Å². The lowest BCUT2D eigenvalue weighted by Crippen LogP contribution is -2.15. The largest absolute Gasteiger partial charge is 0.497 e. The average Bonchev–Trinajstić information content (AvgIpc) is 2.98. The summed E-state index contributed by atoms with van der Waals surface area (Å²) >= 11 is 7.27. The summed E-state index contributed by atoms with van der Waals surface area (Å²) in [5, 5.41) is 9.07. The number of fused-ring (bicyclic) bond motifs is 2. The van der Waals surface area contributed by atoms with E-state index in [9.17, 15) is 4.79 Å². The number of nitrogens with one attached hydrogen (secondary N) is 1. The van der Waals surface area contributed by atoms with E-state index < -0.39 is 0 Å². The molecule has 6 nitrogen and oxygen atoms in total. The first-order chi connectivity index (χ1) is 11.6. The number of rotatable bonds is 3. The molecule has 4 rings (SSSR count). The van der Waals surface area contributed by atoms with Gasteiger partial charge in [-0.1, -0.05) is 22.9 Å². The van der Waals surface area contributed by atoms with Gasteiger partial charge in [0, 0.05) is 10.7 Å². The van der Waals surface area contributed by atoms with Crippen molar-refractivity contribution in [2.24, 2.45) is 0 Å². The van der Waals surface area contributed by atoms with Crippen LogP contribution in [0.2, 0.25) is 5.02 Å². The Kier molecular flexibility index (Phi) is 3.59. The van der Waals surface area contributed by atoms with E-state index in [-0.39, 0.29) is 5.56 Å². The summed E-state index contributed by atoms with van der Waals surface area (Å²) in [7, 11) is 1.62. The zero-order valence-electron chi connectivity index (χ0n) is 12.5. The Labute approximate surface area is 145 Å². The molecule has 0 saturated heterocycles. The minimum Gasteiger partial charge on any atom is -0.497 e. The van der Waals surface area contributed by atoms with Gasteiger partial charge < -0.3 is 10.1 Å². The Morgan fingerprint density at radius 1 is 1.21 bits per heavy atom. The van der Waals surface area contributed by atoms with E-state index >= 15 is 0 Å². The Hall–Kier alpha value is -2.64. The average molecular weight is 359 g/mol. The minimum absolute atomic E-state index is 0.217. The molecule has 0 aliphatic heterocycles. The molecule has 0 fully saturated rings. The quantitative estimate of drug-likeness (QED) is 0.604. The van der Waals surface area contributed by atoms with Crippen LogP contribution in [0.5, 0.6) is 5.75 Å². The van der Waals surface area contributed by atoms with Crippen LogP contribution in [0.15, 0.2) is 47.3 Å². The smallest absolute Gasteiger partial charge is 0.283 e. The minimum atomic E-state index is -0.217. The van der Waals surface area contributed by atoms with E-state index in [0.717, 1.165) is 11.4 Å². The molecular weight excluding hydrogens is 348 g/mol. The maximum absolute atomic E-state index is 12.5. The van der Waals surface area contributed by atoms with Crippen LogP contribution in [0.4, 0.5) is 10.8 Å². The highest BCUT2D eigenvalue weighted by Gasteiger charge is 2.11. The highest BCUT2D eigenvalue weighted by Crippen LogP contribution is 2.24. The molecule has 4 aromatic rings. The predicted molar refractivity (Wildman–Crippen MR) is 95.9 cm³/mol. The molecule has 0 spiro atoms. The van der Waals surface area contributed by atoms with Crippen molar-refractivity contribution in [1.29, 1.82) is 0 Å². The second-order valence-corrected chi connectivity index (χ2v) is 6.43. The fraction of sp³-hybridized carbons (Fsp3) is 0.0625. The number of hydrogen-bond acceptors (Lipinski definition) is 6. The number of nitrogens with zero attached hydrogens (tertiary/aromatic N) is 3. The van der Waals surface area contributed by atoms with Gasteiger partial charge in [0.2, 0.25) is 10.1 Å². The standard InChI is InChI=1S/C16H11ClN4O2S/c1-23-11-5-3-10(4-6-11)18-15-20-21-14(22)12-7-2-9(17)8-13(12)19-16(21)24-15/h2-8H,1H3,(H,18,20). The zero-order chi connectivity index (χ0) is 16.7. The number of halogens is 1. The maximum Gasteiger partial charge on any atom is 0.283 e. The van der Waals surface area contributed by atoms with Gasteiger partial charge in [-0.3, -0.25) is 4.79 Å². The highest BCUT2D eigenvalue weighted by atomic mass is 35.5. The molecule has 2 aromatic carbocycles. The first-order valence-corrected chi connectivity index (χ1v) is 8.24. The fourth-order valence-electron chi connectivity index (χ4n) is 2.33. The van der Waals surface area contributed by atoms with Crippen molar-refractivity contribution in [1.82, 2.24) is 14.6 Å². The van der Waals surface area contributed by atoms with Gasteiger partial charge in [-0.2, -0.15) is 4.52 Å². The summed E-state index contributed by atoms with van der Waals surface area (Å²) < 4.78 is 6.43. The highest BCUT2D eigenvalue weighted by molar-refractivity contribution is 7.20. The molecule has 0 amide bonds. The third-order valence-electron chi connectivity index (χ3n) is 3.50. The molecule has 1 N–H and O–H groups in total. The Balaban J connectivity index is 1.78. The van der Waals surface area contributed by atoms with E-state index in [2.05, 4.69) is 15.4 Å². The predicted octanol–water partition coefficient (Wildman–Crippen LogP) is 3.71. The van der Waals surface area contributed by atoms with Crippen molar-refractivity contribution >= 4 is 49.6 Å². The summed E-state index contributed by atoms with van der Waals surface area (Å²) in [6, 6.07) is 12.4. The molecule has 0 unspecified atom stereocenters. The Morgan fingerprint density at radius 2 is 2.00 bits per heavy atom. The topological polar surface area (TPSA) is 68.5 Å². The van der Waals surface area contributed by atoms with Crippen LogP contribution in [0.3, 0.4) is 0 Å². The van der Waals surface area contributed by atoms with Gasteiger partial charge in [0.15, 0.2) is 0 Å². The number of ether oxygens (including phenoxy) is 1. The molecule has 8 heteroatoms. The van der Waals surface area contributed by atoms with Gasteiger partial charge in [0.05, 0.1) is 18.0 Å². The molecule has 2 heterocycles. The van der Waals surface area contributed by atoms with E-state index in [4.69, 9.17) is 16.3 Å². The number of anilines is 2. The van der Waals surface area contributed by atoms with Crippen molar-refractivity contribution < 1.29 is 4.74 Å². The first kappa shape index (κ1) is 14.9. The molecule has 0 saturated carbocycles. The second-order valence-electron chi connectivity index (χ2n) is 5.03. The normalized spacial score (nSPS) is 11.1. The molecule has 0 aliphatic rings. The number of aromatic nitrogens is 3. The Bertz CT molecular complexity index is 1100. The van der Waals surface area contributed by atoms with Crippen LogP contribution >= 0.6 is 22.9 Å². The molecule has 0 aliphatic carbocycles. The van der Waals surface area contributed by atoms with Gasteiger partial charge in [0.1, 0.15) is 5.75 Å². The molecule has 120 valence electrons. The summed E-state index contributed by atoms with van der Waals surface area (Å²) in [6.07, 6.45) is 0. The van der Waals surface area contributed by atoms with Crippen LogP contribution in [-0.2, 0) is 0 Å². The molecule has 2 aromatic heterocycles. The molecule has 0 radical (unpaired) electrons. The summed E-state index contributed by atoms with van der Waals surface area (Å²) in [5.41, 5.74) is 1.19. The van der Waals surface area contributed by atoms with E-state index in [0.29, 0.717) is 26.0 Å². The third kappa shape index (κ3) is 2.57. The van der Waals surface area contributed by atoms with Gasteiger partial charge in [-0.15, -0.1) is 5.10 Å². The van der Waals surface area contributed by atoms with Gasteiger partial charge in [-0.25, -0.2) is 4.98 Å². The van der Waals surface area contributed by atoms with Gasteiger partial charge >= 0.3 is 0 Å². The van der Waals surface area contributed by atoms with Crippen LogP contribution in [0.1, 0.15) is 0 Å². The van der Waals surface area contributed by atoms with E-state index in [1.807, 2.05) is 24.3 Å². The van der Waals surface area contributed by atoms with Crippen molar-refractivity contribution in [3.8, 4) is 5.75 Å². The second kappa shape index (κ2) is 5.77. The fourth-order valence-corrected chi connectivity index (χ4v) is 3.31. The lowest BCUT2D eigenvalue weighted by atomic mass is 10.2.